The van der Waals surface area contributed by atoms with Gasteiger partial charge in [0.1, 0.15) is 0 Å². The summed E-state index contributed by atoms with van der Waals surface area (Å²) in [6.45, 7) is 34.8. The molecule has 0 amide bonds. The third-order valence-electron chi connectivity index (χ3n) is 9.38. The van der Waals surface area contributed by atoms with Crippen molar-refractivity contribution in [2.24, 2.45) is 44.3 Å². The van der Waals surface area contributed by atoms with Crippen molar-refractivity contribution >= 4 is 0 Å². The summed E-state index contributed by atoms with van der Waals surface area (Å²) in [4.78, 5) is 0. The Kier molecular flexibility index (Phi) is 6.82. The normalized spacial score (nSPS) is 23.8. The molecule has 0 saturated heterocycles. The van der Waals surface area contributed by atoms with E-state index in [1.807, 2.05) is 0 Å². The summed E-state index contributed by atoms with van der Waals surface area (Å²) >= 11 is 0. The predicted octanol–water partition coefficient (Wildman–Crippen LogP) is 9.38. The lowest BCUT2D eigenvalue weighted by atomic mass is 9.53. The number of rotatable bonds is 6. The summed E-state index contributed by atoms with van der Waals surface area (Å²) in [5.74, 6) is 1.70. The zero-order valence-electron chi connectivity index (χ0n) is 21.7. The van der Waals surface area contributed by atoms with Crippen LogP contribution in [-0.4, -0.2) is 0 Å². The first kappa shape index (κ1) is 25.0. The summed E-state index contributed by atoms with van der Waals surface area (Å²) in [5, 5.41) is 0. The SMILES string of the molecule is CC(C)(CC(C)(C)C(C)(C)C)C1CCCC1C(C)(C)CC(C)(C)C(C)(C)C. The van der Waals surface area contributed by atoms with Gasteiger partial charge in [0.05, 0.1) is 0 Å². The Morgan fingerprint density at radius 1 is 0.481 bits per heavy atom. The first-order valence-electron chi connectivity index (χ1n) is 11.6. The smallest absolute Gasteiger partial charge is 0.0300 e. The molecule has 162 valence electrons. The van der Waals surface area contributed by atoms with Crippen LogP contribution in [-0.2, 0) is 0 Å². The standard InChI is InChI=1S/C27H54/c1-22(2,3)26(11,12)18-24(7,8)20-16-15-17-21(20)25(9,10)19-27(13,14)23(4,5)6/h20-21H,15-19H2,1-14H3. The van der Waals surface area contributed by atoms with Gasteiger partial charge >= 0.3 is 0 Å². The van der Waals surface area contributed by atoms with E-state index in [0.717, 1.165) is 11.8 Å². The molecular weight excluding hydrogens is 324 g/mol. The Hall–Kier alpha value is 0. The molecule has 0 aromatic heterocycles. The van der Waals surface area contributed by atoms with Crippen molar-refractivity contribution in [3.05, 3.63) is 0 Å². The van der Waals surface area contributed by atoms with Gasteiger partial charge in [-0.25, -0.2) is 0 Å². The van der Waals surface area contributed by atoms with Crippen molar-refractivity contribution < 1.29 is 0 Å². The second-order valence-corrected chi connectivity index (χ2v) is 14.7. The third kappa shape index (κ3) is 5.54. The quantitative estimate of drug-likeness (QED) is 0.431. The van der Waals surface area contributed by atoms with Crippen LogP contribution in [0.15, 0.2) is 0 Å². The molecule has 1 aliphatic carbocycles. The van der Waals surface area contributed by atoms with E-state index in [4.69, 9.17) is 0 Å². The molecule has 0 bridgehead atoms. The Morgan fingerprint density at radius 3 is 0.963 bits per heavy atom. The molecule has 0 radical (unpaired) electrons. The van der Waals surface area contributed by atoms with Crippen LogP contribution in [0.5, 0.6) is 0 Å². The Labute approximate surface area is 173 Å². The lowest BCUT2D eigenvalue weighted by Gasteiger charge is -2.52. The van der Waals surface area contributed by atoms with Gasteiger partial charge in [0.2, 0.25) is 0 Å². The van der Waals surface area contributed by atoms with Crippen molar-refractivity contribution in [2.75, 3.05) is 0 Å². The average Bonchev–Trinajstić information content (AvgIpc) is 2.83. The Balaban J connectivity index is 3.09. The summed E-state index contributed by atoms with van der Waals surface area (Å²) in [7, 11) is 0. The topological polar surface area (TPSA) is 0 Å². The fraction of sp³-hybridized carbons (Fsp3) is 1.00. The van der Waals surface area contributed by atoms with Crippen molar-refractivity contribution in [1.82, 2.24) is 0 Å². The van der Waals surface area contributed by atoms with Gasteiger partial charge in [-0.1, -0.05) is 103 Å². The summed E-state index contributed by atoms with van der Waals surface area (Å²) in [6, 6.07) is 0. The monoisotopic (exact) mass is 378 g/mol. The molecule has 0 aromatic carbocycles. The minimum Gasteiger partial charge on any atom is -0.0597 e. The molecule has 2 atom stereocenters. The lowest BCUT2D eigenvalue weighted by molar-refractivity contribution is -0.0219. The van der Waals surface area contributed by atoms with Gasteiger partial charge in [-0.15, -0.1) is 0 Å². The van der Waals surface area contributed by atoms with Crippen LogP contribution in [0.1, 0.15) is 129 Å². The van der Waals surface area contributed by atoms with Gasteiger partial charge in [-0.2, -0.15) is 0 Å². The van der Waals surface area contributed by atoms with Crippen molar-refractivity contribution in [2.45, 2.75) is 129 Å². The molecule has 0 aromatic rings. The van der Waals surface area contributed by atoms with E-state index in [9.17, 15) is 0 Å². The van der Waals surface area contributed by atoms with E-state index in [0.29, 0.717) is 32.5 Å². The average molecular weight is 379 g/mol. The molecule has 0 aliphatic heterocycles. The van der Waals surface area contributed by atoms with Crippen LogP contribution < -0.4 is 0 Å². The molecule has 27 heavy (non-hydrogen) atoms. The van der Waals surface area contributed by atoms with Crippen LogP contribution in [0.3, 0.4) is 0 Å². The largest absolute Gasteiger partial charge is 0.0597 e. The molecule has 0 heteroatoms. The maximum atomic E-state index is 2.58. The Bertz CT molecular complexity index is 441. The van der Waals surface area contributed by atoms with Crippen molar-refractivity contribution in [3.63, 3.8) is 0 Å². The maximum Gasteiger partial charge on any atom is -0.0300 e. The second kappa shape index (κ2) is 7.36. The van der Waals surface area contributed by atoms with E-state index in [1.54, 1.807) is 0 Å². The third-order valence-corrected chi connectivity index (χ3v) is 9.38. The van der Waals surface area contributed by atoms with Crippen LogP contribution in [0.4, 0.5) is 0 Å². The van der Waals surface area contributed by atoms with Crippen LogP contribution in [0.2, 0.25) is 0 Å². The molecule has 1 aliphatic rings. The van der Waals surface area contributed by atoms with Crippen LogP contribution >= 0.6 is 0 Å². The molecule has 0 heterocycles. The van der Waals surface area contributed by atoms with E-state index in [2.05, 4.69) is 96.9 Å². The highest BCUT2D eigenvalue weighted by Gasteiger charge is 2.50. The predicted molar refractivity (Wildman–Crippen MR) is 124 cm³/mol. The van der Waals surface area contributed by atoms with E-state index in [-0.39, 0.29) is 0 Å². The summed E-state index contributed by atoms with van der Waals surface area (Å²) in [5.41, 5.74) is 2.23. The number of hydrogen-bond donors (Lipinski definition) is 0. The minimum atomic E-state index is 0.349. The highest BCUT2D eigenvalue weighted by molar-refractivity contribution is 5.00. The first-order chi connectivity index (χ1) is 11.6. The molecule has 0 spiro atoms. The molecule has 2 unspecified atom stereocenters. The van der Waals surface area contributed by atoms with Gasteiger partial charge in [0, 0.05) is 0 Å². The molecule has 1 saturated carbocycles. The molecule has 1 rings (SSSR count). The first-order valence-corrected chi connectivity index (χ1v) is 11.6. The summed E-state index contributed by atoms with van der Waals surface area (Å²) < 4.78 is 0. The number of hydrogen-bond acceptors (Lipinski definition) is 0. The fourth-order valence-corrected chi connectivity index (χ4v) is 5.90. The van der Waals surface area contributed by atoms with Gasteiger partial charge in [-0.3, -0.25) is 0 Å². The zero-order valence-corrected chi connectivity index (χ0v) is 21.7. The zero-order chi connectivity index (χ0) is 21.7. The molecule has 1 fully saturated rings. The molecular formula is C27H54. The van der Waals surface area contributed by atoms with Gasteiger partial charge in [0.15, 0.2) is 0 Å². The summed E-state index contributed by atoms with van der Waals surface area (Å²) in [6.07, 6.45) is 6.93. The minimum absolute atomic E-state index is 0.349. The van der Waals surface area contributed by atoms with Gasteiger partial charge in [-0.05, 0) is 70.0 Å². The highest BCUT2D eigenvalue weighted by atomic mass is 14.5. The van der Waals surface area contributed by atoms with Crippen molar-refractivity contribution in [3.8, 4) is 0 Å². The van der Waals surface area contributed by atoms with Crippen LogP contribution in [0, 0.1) is 44.3 Å². The van der Waals surface area contributed by atoms with E-state index in [1.165, 1.54) is 32.1 Å². The second-order valence-electron chi connectivity index (χ2n) is 14.7. The van der Waals surface area contributed by atoms with E-state index >= 15 is 0 Å². The molecule has 0 N–H and O–H groups in total. The Morgan fingerprint density at radius 2 is 0.741 bits per heavy atom. The lowest BCUT2D eigenvalue weighted by Crippen LogP contribution is -2.43. The van der Waals surface area contributed by atoms with Crippen molar-refractivity contribution in [1.29, 1.82) is 0 Å². The highest BCUT2D eigenvalue weighted by Crippen LogP contribution is 2.59. The van der Waals surface area contributed by atoms with Gasteiger partial charge in [0.25, 0.3) is 0 Å². The fourth-order valence-electron chi connectivity index (χ4n) is 5.90. The molecule has 0 nitrogen and oxygen atoms in total. The maximum absolute atomic E-state index is 2.58. The van der Waals surface area contributed by atoms with Gasteiger partial charge < -0.3 is 0 Å². The van der Waals surface area contributed by atoms with E-state index < -0.39 is 0 Å². The van der Waals surface area contributed by atoms with Crippen LogP contribution in [0.25, 0.3) is 0 Å².